The van der Waals surface area contributed by atoms with E-state index in [1.807, 2.05) is 107 Å². The molecule has 4 N–H and O–H groups in total. The second-order valence-corrected chi connectivity index (χ2v) is 17.8. The minimum atomic E-state index is -0.870. The summed E-state index contributed by atoms with van der Waals surface area (Å²) in [5.74, 6) is 1.05. The molecule has 4 aromatic carbocycles. The first kappa shape index (κ1) is 42.7. The van der Waals surface area contributed by atoms with Gasteiger partial charge in [-0.2, -0.15) is 0 Å². The van der Waals surface area contributed by atoms with Gasteiger partial charge in [-0.05, 0) is 86.5 Å². The average molecular weight is 887 g/mol. The van der Waals surface area contributed by atoms with Crippen LogP contribution in [0.15, 0.2) is 122 Å². The number of H-pyrrole nitrogens is 2. The summed E-state index contributed by atoms with van der Waals surface area (Å²) in [6.07, 6.45) is 11.1. The summed E-state index contributed by atoms with van der Waals surface area (Å²) in [5, 5.41) is 5.73. The Bertz CT molecular complexity index is 2460. The van der Waals surface area contributed by atoms with Crippen LogP contribution in [0, 0.1) is 0 Å². The zero-order valence-corrected chi connectivity index (χ0v) is 36.7. The minimum absolute atomic E-state index is 0.0917. The van der Waals surface area contributed by atoms with Gasteiger partial charge in [0.05, 0.1) is 23.5 Å². The molecule has 0 bridgehead atoms. The molecule has 4 amide bonds. The Morgan fingerprint density at radius 1 is 0.500 bits per heavy atom. The molecular weight excluding hydrogens is 833 g/mol. The van der Waals surface area contributed by atoms with Gasteiger partial charge < -0.3 is 39.9 Å². The molecule has 0 spiro atoms. The quantitative estimate of drug-likeness (QED) is 0.0887. The highest BCUT2D eigenvalue weighted by Gasteiger charge is 2.39. The fourth-order valence-corrected chi connectivity index (χ4v) is 9.39. The molecule has 2 saturated carbocycles. The highest BCUT2D eigenvalue weighted by atomic mass is 16.6. The van der Waals surface area contributed by atoms with E-state index in [0.717, 1.165) is 97.8 Å². The number of alkyl carbamates (subject to hydrolysis) is 2. The molecule has 338 valence electrons. The number of aromatic nitrogens is 4. The maximum absolute atomic E-state index is 14.2. The number of rotatable bonds is 13. The van der Waals surface area contributed by atoms with Crippen LogP contribution in [0.25, 0.3) is 33.6 Å². The Labute approximate surface area is 383 Å². The monoisotopic (exact) mass is 886 g/mol. The summed E-state index contributed by atoms with van der Waals surface area (Å²) < 4.78 is 11.1. The lowest BCUT2D eigenvalue weighted by Gasteiger charge is -2.30. The number of nitrogens with one attached hydrogen (secondary N) is 4. The number of nitrogens with zero attached hydrogens (tertiary/aromatic N) is 4. The molecule has 4 aliphatic rings. The highest BCUT2D eigenvalue weighted by Crippen LogP contribution is 2.37. The third-order valence-electron chi connectivity index (χ3n) is 13.5. The molecular formula is C52H54N8O6. The van der Waals surface area contributed by atoms with Gasteiger partial charge in [-0.1, -0.05) is 109 Å². The van der Waals surface area contributed by atoms with Crippen molar-refractivity contribution in [3.05, 3.63) is 144 Å². The van der Waals surface area contributed by atoms with Gasteiger partial charge in [0.25, 0.3) is 11.8 Å². The summed E-state index contributed by atoms with van der Waals surface area (Å²) in [6.45, 7) is 1.12. The van der Waals surface area contributed by atoms with E-state index in [0.29, 0.717) is 35.9 Å². The van der Waals surface area contributed by atoms with Gasteiger partial charge in [-0.3, -0.25) is 9.59 Å². The molecule has 0 radical (unpaired) electrons. The Balaban J connectivity index is 0.786. The van der Waals surface area contributed by atoms with Crippen molar-refractivity contribution < 1.29 is 28.7 Å². The summed E-state index contributed by atoms with van der Waals surface area (Å²) in [7, 11) is 0. The van der Waals surface area contributed by atoms with Gasteiger partial charge in [-0.15, -0.1) is 0 Å². The Hall–Kier alpha value is -7.22. The molecule has 2 aliphatic heterocycles. The predicted octanol–water partition coefficient (Wildman–Crippen LogP) is 9.50. The lowest BCUT2D eigenvalue weighted by atomic mass is 9.96. The molecule has 0 unspecified atom stereocenters. The van der Waals surface area contributed by atoms with E-state index in [4.69, 9.17) is 19.4 Å². The van der Waals surface area contributed by atoms with Gasteiger partial charge in [0, 0.05) is 36.6 Å². The van der Waals surface area contributed by atoms with Gasteiger partial charge in [0.15, 0.2) is 0 Å². The van der Waals surface area contributed by atoms with Crippen molar-refractivity contribution >= 4 is 24.0 Å². The second kappa shape index (κ2) is 19.1. The van der Waals surface area contributed by atoms with Crippen molar-refractivity contribution in [2.75, 3.05) is 13.1 Å². The van der Waals surface area contributed by atoms with E-state index in [1.54, 1.807) is 0 Å². The van der Waals surface area contributed by atoms with E-state index in [-0.39, 0.29) is 36.1 Å². The van der Waals surface area contributed by atoms with Gasteiger partial charge >= 0.3 is 12.2 Å². The van der Waals surface area contributed by atoms with Crippen LogP contribution < -0.4 is 10.6 Å². The van der Waals surface area contributed by atoms with E-state index in [1.165, 1.54) is 0 Å². The van der Waals surface area contributed by atoms with Crippen molar-refractivity contribution in [3.63, 3.8) is 0 Å². The van der Waals surface area contributed by atoms with Gasteiger partial charge in [-0.25, -0.2) is 19.6 Å². The Kier molecular flexibility index (Phi) is 12.4. The van der Waals surface area contributed by atoms with Gasteiger partial charge in [0.2, 0.25) is 0 Å². The highest BCUT2D eigenvalue weighted by molar-refractivity contribution is 5.88. The molecule has 4 fully saturated rings. The van der Waals surface area contributed by atoms with E-state index in [2.05, 4.69) is 44.9 Å². The number of imidazole rings is 2. The SMILES string of the molecule is O=C(N[C@@H](C(=O)N1CCC[C@H]1c1nc(-c2ccc(-c3ccc(-c4c[nH]c([C@@H]5CCCN5C(=O)[C@H](NC(=O)OC5CCC5)c5ccccc5)n4)cc3)cc2)c[nH]1)c1ccccc1)OC1CCC1. The predicted molar refractivity (Wildman–Crippen MR) is 247 cm³/mol. The Morgan fingerprint density at radius 2 is 0.879 bits per heavy atom. The van der Waals surface area contributed by atoms with Crippen molar-refractivity contribution in [2.24, 2.45) is 0 Å². The first-order valence-corrected chi connectivity index (χ1v) is 23.3. The molecule has 2 aromatic heterocycles. The number of hydrogen-bond acceptors (Lipinski definition) is 8. The average Bonchev–Trinajstić information content (AvgIpc) is 4.18. The maximum atomic E-state index is 14.2. The number of carbonyl (C=O) groups is 4. The third-order valence-corrected chi connectivity index (χ3v) is 13.5. The number of ether oxygens (including phenoxy) is 2. The van der Waals surface area contributed by atoms with Crippen LogP contribution in [-0.2, 0) is 19.1 Å². The summed E-state index contributed by atoms with van der Waals surface area (Å²) in [4.78, 5) is 74.4. The standard InChI is InChI=1S/C52H54N8O6/c61-49(45(37-11-3-1-4-12-37)57-51(63)65-39-15-7-16-39)59-29-9-19-43(59)47-53-31-41(55-47)35-25-21-33(22-26-35)34-23-27-36(28-24-34)42-32-54-48(56-42)44-20-10-30-60(44)50(62)46(38-13-5-2-6-14-38)58-52(64)66-40-17-8-18-40/h1-6,11-14,21-28,31-32,39-40,43-46H,7-10,15-20,29-30H2,(H,53,55)(H,54,56)(H,57,63)(H,58,64)/t43-,44-,45+,46+/m0/s1. The fourth-order valence-electron chi connectivity index (χ4n) is 9.39. The zero-order valence-electron chi connectivity index (χ0n) is 36.7. The lowest BCUT2D eigenvalue weighted by Crippen LogP contribution is -2.44. The lowest BCUT2D eigenvalue weighted by molar-refractivity contribution is -0.135. The Morgan fingerprint density at radius 3 is 1.24 bits per heavy atom. The molecule has 4 heterocycles. The largest absolute Gasteiger partial charge is 0.446 e. The number of carbonyl (C=O) groups excluding carboxylic acids is 4. The van der Waals surface area contributed by atoms with Crippen LogP contribution in [-0.4, -0.2) is 79.0 Å². The van der Waals surface area contributed by atoms with E-state index >= 15 is 0 Å². The maximum Gasteiger partial charge on any atom is 0.408 e. The topological polar surface area (TPSA) is 175 Å². The van der Waals surface area contributed by atoms with Crippen molar-refractivity contribution in [1.82, 2.24) is 40.4 Å². The fraction of sp³-hybridized carbons (Fsp3) is 0.346. The molecule has 4 atom stereocenters. The number of hydrogen-bond donors (Lipinski definition) is 4. The summed E-state index contributed by atoms with van der Waals surface area (Å²) >= 11 is 0. The van der Waals surface area contributed by atoms with Crippen LogP contribution in [0.5, 0.6) is 0 Å². The van der Waals surface area contributed by atoms with Crippen molar-refractivity contribution in [1.29, 1.82) is 0 Å². The molecule has 66 heavy (non-hydrogen) atoms. The van der Waals surface area contributed by atoms with Crippen LogP contribution in [0.1, 0.15) is 111 Å². The second-order valence-electron chi connectivity index (χ2n) is 17.8. The zero-order chi connectivity index (χ0) is 45.0. The molecule has 2 aliphatic carbocycles. The summed E-state index contributed by atoms with van der Waals surface area (Å²) in [5.41, 5.74) is 6.95. The van der Waals surface area contributed by atoms with Crippen LogP contribution in [0.2, 0.25) is 0 Å². The van der Waals surface area contributed by atoms with Crippen LogP contribution in [0.3, 0.4) is 0 Å². The van der Waals surface area contributed by atoms with Crippen LogP contribution >= 0.6 is 0 Å². The van der Waals surface area contributed by atoms with Crippen molar-refractivity contribution in [3.8, 4) is 33.6 Å². The molecule has 14 heteroatoms. The van der Waals surface area contributed by atoms with Gasteiger partial charge in [0.1, 0.15) is 35.9 Å². The first-order valence-electron chi connectivity index (χ1n) is 23.3. The van der Waals surface area contributed by atoms with Crippen molar-refractivity contribution in [2.45, 2.75) is 101 Å². The van der Waals surface area contributed by atoms with E-state index in [9.17, 15) is 19.2 Å². The normalized spacial score (nSPS) is 19.3. The summed E-state index contributed by atoms with van der Waals surface area (Å²) in [6, 6.07) is 32.9. The molecule has 14 nitrogen and oxygen atoms in total. The molecule has 2 saturated heterocycles. The first-order chi connectivity index (χ1) is 32.3. The smallest absolute Gasteiger partial charge is 0.408 e. The minimum Gasteiger partial charge on any atom is -0.446 e. The third kappa shape index (κ3) is 9.17. The molecule has 6 aromatic rings. The number of benzene rings is 4. The van der Waals surface area contributed by atoms with Crippen LogP contribution in [0.4, 0.5) is 9.59 Å². The number of likely N-dealkylation sites (tertiary alicyclic amines) is 2. The number of amides is 4. The van der Waals surface area contributed by atoms with E-state index < -0.39 is 24.3 Å². The number of aromatic amines is 2. The molecule has 10 rings (SSSR count).